The van der Waals surface area contributed by atoms with Crippen molar-refractivity contribution in [1.29, 1.82) is 0 Å². The van der Waals surface area contributed by atoms with Crippen LogP contribution in [0.1, 0.15) is 27.7 Å². The number of rotatable bonds is 2. The maximum atomic E-state index is 11.1. The Hall–Kier alpha value is -1.15. The fourth-order valence-electron chi connectivity index (χ4n) is 0.519. The number of isocyanates is 1. The Morgan fingerprint density at radius 2 is 2.00 bits per heavy atom. The molecule has 0 N–H and O–H groups in total. The fourth-order valence-corrected chi connectivity index (χ4v) is 0.519. The second kappa shape index (κ2) is 4.02. The molecule has 0 aliphatic carbocycles. The van der Waals surface area contributed by atoms with Gasteiger partial charge in [-0.05, 0) is 27.7 Å². The molecule has 0 amide bonds. The van der Waals surface area contributed by atoms with Crippen molar-refractivity contribution < 1.29 is 14.3 Å². The zero-order valence-corrected chi connectivity index (χ0v) is 7.75. The molecule has 0 radical (unpaired) electrons. The molecule has 0 saturated heterocycles. The van der Waals surface area contributed by atoms with Crippen LogP contribution in [0.5, 0.6) is 0 Å². The van der Waals surface area contributed by atoms with Crippen molar-refractivity contribution in [1.82, 2.24) is 0 Å². The highest BCUT2D eigenvalue weighted by molar-refractivity contribution is 5.76. The summed E-state index contributed by atoms with van der Waals surface area (Å²) in [5.74, 6) is -0.508. The van der Waals surface area contributed by atoms with Crippen molar-refractivity contribution in [3.63, 3.8) is 0 Å². The van der Waals surface area contributed by atoms with Crippen LogP contribution in [0.25, 0.3) is 0 Å². The fraction of sp³-hybridized carbons (Fsp3) is 0.750. The number of aliphatic imine (C=N–C) groups is 1. The maximum absolute atomic E-state index is 11.1. The number of carbonyl (C=O) groups is 1. The third kappa shape index (κ3) is 4.63. The Kier molecular flexibility index (Phi) is 3.64. The van der Waals surface area contributed by atoms with Gasteiger partial charge in [-0.3, -0.25) is 0 Å². The molecule has 0 fully saturated rings. The lowest BCUT2D eigenvalue weighted by molar-refractivity contribution is -0.155. The number of ether oxygens (including phenoxy) is 1. The van der Waals surface area contributed by atoms with E-state index in [1.54, 1.807) is 20.8 Å². The summed E-state index contributed by atoms with van der Waals surface area (Å²) < 4.78 is 4.94. The molecule has 4 nitrogen and oxygen atoms in total. The van der Waals surface area contributed by atoms with Gasteiger partial charge in [-0.2, -0.15) is 4.99 Å². The van der Waals surface area contributed by atoms with Gasteiger partial charge in [-0.15, -0.1) is 0 Å². The summed E-state index contributed by atoms with van der Waals surface area (Å²) in [6.45, 7) is 6.74. The van der Waals surface area contributed by atoms with Gasteiger partial charge in [0.25, 0.3) is 0 Å². The van der Waals surface area contributed by atoms with Crippen molar-refractivity contribution in [2.45, 2.75) is 39.3 Å². The topological polar surface area (TPSA) is 55.7 Å². The van der Waals surface area contributed by atoms with Gasteiger partial charge in [0, 0.05) is 0 Å². The molecule has 0 aromatic heterocycles. The Bertz CT molecular complexity index is 211. The van der Waals surface area contributed by atoms with E-state index in [1.807, 2.05) is 0 Å². The van der Waals surface area contributed by atoms with Gasteiger partial charge in [-0.1, -0.05) is 0 Å². The van der Waals surface area contributed by atoms with Crippen LogP contribution >= 0.6 is 0 Å². The summed E-state index contributed by atoms with van der Waals surface area (Å²) in [5, 5.41) is 0. The molecule has 68 valence electrons. The van der Waals surface area contributed by atoms with E-state index in [-0.39, 0.29) is 0 Å². The largest absolute Gasteiger partial charge is 0.458 e. The van der Waals surface area contributed by atoms with Crippen LogP contribution in [0.4, 0.5) is 0 Å². The van der Waals surface area contributed by atoms with Gasteiger partial charge >= 0.3 is 5.97 Å². The quantitative estimate of drug-likeness (QED) is 0.354. The Labute approximate surface area is 71.6 Å². The van der Waals surface area contributed by atoms with Gasteiger partial charge in [0.1, 0.15) is 5.60 Å². The molecular weight excluding hydrogens is 158 g/mol. The summed E-state index contributed by atoms with van der Waals surface area (Å²) in [4.78, 5) is 24.1. The lowest BCUT2D eigenvalue weighted by Gasteiger charge is -2.20. The van der Waals surface area contributed by atoms with Crippen molar-refractivity contribution in [2.75, 3.05) is 0 Å². The first-order valence-corrected chi connectivity index (χ1v) is 3.66. The summed E-state index contributed by atoms with van der Waals surface area (Å²) in [6.07, 6.45) is 1.31. The zero-order valence-electron chi connectivity index (χ0n) is 7.75. The van der Waals surface area contributed by atoms with Gasteiger partial charge < -0.3 is 4.74 Å². The standard InChI is InChI=1S/C8H13NO3/c1-6(9-5-10)7(11)12-8(2,3)4/h6H,1-4H3/t6-/m0/s1. The molecule has 0 unspecified atom stereocenters. The average molecular weight is 171 g/mol. The third-order valence-corrected chi connectivity index (χ3v) is 0.994. The number of hydrogen-bond acceptors (Lipinski definition) is 4. The molecule has 0 saturated carbocycles. The molecule has 1 atom stereocenters. The van der Waals surface area contributed by atoms with Crippen molar-refractivity contribution >= 4 is 12.0 Å². The molecule has 0 aromatic carbocycles. The molecule has 0 aromatic rings. The van der Waals surface area contributed by atoms with Crippen molar-refractivity contribution in [2.24, 2.45) is 4.99 Å². The highest BCUT2D eigenvalue weighted by atomic mass is 16.6. The van der Waals surface area contributed by atoms with Crippen molar-refractivity contribution in [3.05, 3.63) is 0 Å². The molecule has 4 heteroatoms. The van der Waals surface area contributed by atoms with Crippen LogP contribution < -0.4 is 0 Å². The minimum absolute atomic E-state index is 0.508. The number of carbonyl (C=O) groups excluding carboxylic acids is 2. The van der Waals surface area contributed by atoms with Gasteiger partial charge in [0.05, 0.1) is 0 Å². The predicted molar refractivity (Wildman–Crippen MR) is 43.4 cm³/mol. The molecule has 0 aliphatic rings. The summed E-state index contributed by atoms with van der Waals surface area (Å²) in [5.41, 5.74) is -0.538. The second-order valence-electron chi connectivity index (χ2n) is 3.43. The molecular formula is C8H13NO3. The lowest BCUT2D eigenvalue weighted by Crippen LogP contribution is -2.29. The maximum Gasteiger partial charge on any atom is 0.332 e. The highest BCUT2D eigenvalue weighted by Gasteiger charge is 2.20. The van der Waals surface area contributed by atoms with Crippen LogP contribution in [0.2, 0.25) is 0 Å². The van der Waals surface area contributed by atoms with Crippen LogP contribution in [-0.4, -0.2) is 23.7 Å². The average Bonchev–Trinajstić information content (AvgIpc) is 1.84. The second-order valence-corrected chi connectivity index (χ2v) is 3.43. The minimum atomic E-state index is -0.762. The SMILES string of the molecule is C[C@H](N=C=O)C(=O)OC(C)(C)C. The predicted octanol–water partition coefficient (Wildman–Crippen LogP) is 1.05. The van der Waals surface area contributed by atoms with Gasteiger partial charge in [0.2, 0.25) is 6.08 Å². The van der Waals surface area contributed by atoms with E-state index in [0.29, 0.717) is 0 Å². The van der Waals surface area contributed by atoms with E-state index in [1.165, 1.54) is 13.0 Å². The molecule has 0 rings (SSSR count). The van der Waals surface area contributed by atoms with Crippen LogP contribution in [-0.2, 0) is 14.3 Å². The number of esters is 1. The number of nitrogens with zero attached hydrogens (tertiary/aromatic N) is 1. The first-order valence-electron chi connectivity index (χ1n) is 3.66. The van der Waals surface area contributed by atoms with Crippen LogP contribution in [0.15, 0.2) is 4.99 Å². The van der Waals surface area contributed by atoms with Crippen molar-refractivity contribution in [3.8, 4) is 0 Å². The van der Waals surface area contributed by atoms with Crippen LogP contribution in [0, 0.1) is 0 Å². The zero-order chi connectivity index (χ0) is 9.78. The van der Waals surface area contributed by atoms with E-state index < -0.39 is 17.6 Å². The summed E-state index contributed by atoms with van der Waals surface area (Å²) in [6, 6.07) is -0.762. The molecule has 12 heavy (non-hydrogen) atoms. The van der Waals surface area contributed by atoms with E-state index >= 15 is 0 Å². The molecule has 0 aliphatic heterocycles. The number of hydrogen-bond donors (Lipinski definition) is 0. The Morgan fingerprint density at radius 3 is 2.33 bits per heavy atom. The lowest BCUT2D eigenvalue weighted by atomic mass is 10.2. The third-order valence-electron chi connectivity index (χ3n) is 0.994. The van der Waals surface area contributed by atoms with E-state index in [4.69, 9.17) is 4.74 Å². The van der Waals surface area contributed by atoms with E-state index in [2.05, 4.69) is 4.99 Å². The molecule has 0 heterocycles. The summed E-state index contributed by atoms with van der Waals surface area (Å²) >= 11 is 0. The van der Waals surface area contributed by atoms with Gasteiger partial charge in [-0.25, -0.2) is 9.59 Å². The Morgan fingerprint density at radius 1 is 1.50 bits per heavy atom. The van der Waals surface area contributed by atoms with E-state index in [9.17, 15) is 9.59 Å². The summed E-state index contributed by atoms with van der Waals surface area (Å²) in [7, 11) is 0. The van der Waals surface area contributed by atoms with Gasteiger partial charge in [0.15, 0.2) is 6.04 Å². The molecule has 0 spiro atoms. The highest BCUT2D eigenvalue weighted by Crippen LogP contribution is 2.08. The first-order chi connectivity index (χ1) is 5.37. The van der Waals surface area contributed by atoms with E-state index in [0.717, 1.165) is 0 Å². The Balaban J connectivity index is 4.14. The minimum Gasteiger partial charge on any atom is -0.458 e. The monoisotopic (exact) mass is 171 g/mol. The first kappa shape index (κ1) is 10.8. The smallest absolute Gasteiger partial charge is 0.332 e. The normalized spacial score (nSPS) is 13.0. The van der Waals surface area contributed by atoms with Crippen LogP contribution in [0.3, 0.4) is 0 Å². The molecule has 0 bridgehead atoms.